The van der Waals surface area contributed by atoms with Crippen LogP contribution in [0, 0.1) is 11.3 Å². The molecule has 162 valence electrons. The number of hydrogen-bond acceptors (Lipinski definition) is 4. The fourth-order valence-electron chi connectivity index (χ4n) is 5.17. The van der Waals surface area contributed by atoms with Crippen molar-refractivity contribution in [3.05, 3.63) is 0 Å². The van der Waals surface area contributed by atoms with E-state index >= 15 is 0 Å². The zero-order valence-electron chi connectivity index (χ0n) is 18.3. The Labute approximate surface area is 172 Å². The Hall–Kier alpha value is -0.850. The van der Waals surface area contributed by atoms with E-state index in [1.807, 2.05) is 0 Å². The average molecular weight is 394 g/mol. The first kappa shape index (κ1) is 21.8. The van der Waals surface area contributed by atoms with Gasteiger partial charge in [0.2, 0.25) is 0 Å². The molecule has 0 amide bonds. The molecule has 0 aromatic carbocycles. The van der Waals surface area contributed by atoms with Crippen LogP contribution in [-0.4, -0.2) is 88.4 Å². The fourth-order valence-corrected chi connectivity index (χ4v) is 5.17. The SMILES string of the molecule is CCNC(=NCC1(CN2CCOCC2)CCCCC1)NCC1CCCN(C)C1. The van der Waals surface area contributed by atoms with Crippen LogP contribution in [0.2, 0.25) is 0 Å². The van der Waals surface area contributed by atoms with Gasteiger partial charge in [0.1, 0.15) is 0 Å². The summed E-state index contributed by atoms with van der Waals surface area (Å²) in [6.45, 7) is 12.6. The number of morpholine rings is 1. The summed E-state index contributed by atoms with van der Waals surface area (Å²) in [6, 6.07) is 0. The van der Waals surface area contributed by atoms with Gasteiger partial charge < -0.3 is 20.3 Å². The molecule has 2 aliphatic heterocycles. The van der Waals surface area contributed by atoms with Gasteiger partial charge in [0.05, 0.1) is 13.2 Å². The Morgan fingerprint density at radius 1 is 1.07 bits per heavy atom. The first-order valence-corrected chi connectivity index (χ1v) is 11.7. The van der Waals surface area contributed by atoms with Gasteiger partial charge in [0, 0.05) is 51.2 Å². The molecular weight excluding hydrogens is 350 g/mol. The molecule has 3 rings (SSSR count). The molecule has 0 spiro atoms. The number of nitrogens with zero attached hydrogens (tertiary/aromatic N) is 3. The molecule has 2 N–H and O–H groups in total. The largest absolute Gasteiger partial charge is 0.379 e. The Kier molecular flexibility index (Phi) is 8.87. The van der Waals surface area contributed by atoms with Crippen molar-refractivity contribution in [1.82, 2.24) is 20.4 Å². The third-order valence-electron chi connectivity index (χ3n) is 6.77. The molecule has 1 atom stereocenters. The van der Waals surface area contributed by atoms with Crippen molar-refractivity contribution in [3.8, 4) is 0 Å². The standard InChI is InChI=1S/C22H43N5O/c1-3-23-21(24-16-20-8-7-11-26(2)17-20)25-18-22(9-5-4-6-10-22)19-27-12-14-28-15-13-27/h20H,3-19H2,1-2H3,(H2,23,24,25). The maximum Gasteiger partial charge on any atom is 0.191 e. The highest BCUT2D eigenvalue weighted by molar-refractivity contribution is 5.79. The predicted octanol–water partition coefficient (Wildman–Crippen LogP) is 2.17. The summed E-state index contributed by atoms with van der Waals surface area (Å²) in [7, 11) is 2.24. The fraction of sp³-hybridized carbons (Fsp3) is 0.955. The van der Waals surface area contributed by atoms with Crippen LogP contribution in [0.25, 0.3) is 0 Å². The number of aliphatic imine (C=N–C) groups is 1. The molecule has 3 fully saturated rings. The lowest BCUT2D eigenvalue weighted by atomic mass is 9.73. The second-order valence-electron chi connectivity index (χ2n) is 9.30. The van der Waals surface area contributed by atoms with Crippen LogP contribution in [-0.2, 0) is 4.74 Å². The molecule has 2 saturated heterocycles. The average Bonchev–Trinajstić information content (AvgIpc) is 2.72. The van der Waals surface area contributed by atoms with Crippen LogP contribution in [0.3, 0.4) is 0 Å². The van der Waals surface area contributed by atoms with E-state index in [9.17, 15) is 0 Å². The van der Waals surface area contributed by atoms with Gasteiger partial charge >= 0.3 is 0 Å². The number of ether oxygens (including phenoxy) is 1. The Bertz CT molecular complexity index is 472. The predicted molar refractivity (Wildman–Crippen MR) is 117 cm³/mol. The smallest absolute Gasteiger partial charge is 0.191 e. The summed E-state index contributed by atoms with van der Waals surface area (Å²) in [5, 5.41) is 7.14. The molecule has 6 nitrogen and oxygen atoms in total. The Morgan fingerprint density at radius 2 is 1.86 bits per heavy atom. The number of guanidine groups is 1. The summed E-state index contributed by atoms with van der Waals surface area (Å²) in [5.74, 6) is 1.75. The highest BCUT2D eigenvalue weighted by Crippen LogP contribution is 2.37. The van der Waals surface area contributed by atoms with E-state index in [0.717, 1.165) is 57.8 Å². The van der Waals surface area contributed by atoms with Gasteiger partial charge in [0.25, 0.3) is 0 Å². The van der Waals surface area contributed by atoms with Crippen molar-refractivity contribution in [2.75, 3.05) is 72.6 Å². The second-order valence-corrected chi connectivity index (χ2v) is 9.30. The van der Waals surface area contributed by atoms with E-state index in [-0.39, 0.29) is 0 Å². The molecule has 0 bridgehead atoms. The van der Waals surface area contributed by atoms with Gasteiger partial charge in [-0.15, -0.1) is 0 Å². The van der Waals surface area contributed by atoms with E-state index in [1.165, 1.54) is 64.6 Å². The molecule has 0 radical (unpaired) electrons. The zero-order chi connectivity index (χ0) is 19.7. The number of likely N-dealkylation sites (tertiary alicyclic amines) is 1. The first-order valence-electron chi connectivity index (χ1n) is 11.7. The van der Waals surface area contributed by atoms with E-state index in [4.69, 9.17) is 9.73 Å². The van der Waals surface area contributed by atoms with E-state index in [2.05, 4.69) is 34.4 Å². The number of nitrogens with one attached hydrogen (secondary N) is 2. The molecule has 1 unspecified atom stereocenters. The monoisotopic (exact) mass is 393 g/mol. The van der Waals surface area contributed by atoms with E-state index in [0.29, 0.717) is 5.41 Å². The molecular formula is C22H43N5O. The van der Waals surface area contributed by atoms with Crippen molar-refractivity contribution in [2.24, 2.45) is 16.3 Å². The summed E-state index contributed by atoms with van der Waals surface area (Å²) in [4.78, 5) is 10.2. The first-order chi connectivity index (χ1) is 13.7. The molecule has 3 aliphatic rings. The topological polar surface area (TPSA) is 52.1 Å². The maximum atomic E-state index is 5.56. The lowest BCUT2D eigenvalue weighted by molar-refractivity contribution is 0.00937. The minimum atomic E-state index is 0.350. The minimum absolute atomic E-state index is 0.350. The second kappa shape index (κ2) is 11.4. The van der Waals surface area contributed by atoms with Crippen molar-refractivity contribution in [2.45, 2.75) is 51.9 Å². The van der Waals surface area contributed by atoms with Gasteiger partial charge in [-0.25, -0.2) is 0 Å². The van der Waals surface area contributed by atoms with Crippen LogP contribution in [0.5, 0.6) is 0 Å². The van der Waals surface area contributed by atoms with Crippen molar-refractivity contribution < 1.29 is 4.74 Å². The maximum absolute atomic E-state index is 5.56. The van der Waals surface area contributed by atoms with Crippen LogP contribution >= 0.6 is 0 Å². The quantitative estimate of drug-likeness (QED) is 0.513. The third-order valence-corrected chi connectivity index (χ3v) is 6.77. The molecule has 28 heavy (non-hydrogen) atoms. The summed E-state index contributed by atoms with van der Waals surface area (Å²) in [5.41, 5.74) is 0.350. The number of hydrogen-bond donors (Lipinski definition) is 2. The van der Waals surface area contributed by atoms with Gasteiger partial charge in [0.15, 0.2) is 5.96 Å². The molecule has 1 saturated carbocycles. The zero-order valence-corrected chi connectivity index (χ0v) is 18.3. The summed E-state index contributed by atoms with van der Waals surface area (Å²) >= 11 is 0. The minimum Gasteiger partial charge on any atom is -0.379 e. The molecule has 2 heterocycles. The van der Waals surface area contributed by atoms with Crippen LogP contribution in [0.4, 0.5) is 0 Å². The van der Waals surface area contributed by atoms with Gasteiger partial charge in [-0.2, -0.15) is 0 Å². The van der Waals surface area contributed by atoms with Crippen LogP contribution in [0.1, 0.15) is 51.9 Å². The summed E-state index contributed by atoms with van der Waals surface area (Å²) in [6.07, 6.45) is 9.40. The molecule has 6 heteroatoms. The number of piperidine rings is 1. The summed E-state index contributed by atoms with van der Waals surface area (Å²) < 4.78 is 5.56. The van der Waals surface area contributed by atoms with Gasteiger partial charge in [-0.05, 0) is 52.1 Å². The van der Waals surface area contributed by atoms with E-state index in [1.54, 1.807) is 0 Å². The molecule has 0 aromatic rings. The normalized spacial score (nSPS) is 27.5. The van der Waals surface area contributed by atoms with Crippen molar-refractivity contribution in [1.29, 1.82) is 0 Å². The number of rotatable bonds is 7. The van der Waals surface area contributed by atoms with Crippen molar-refractivity contribution in [3.63, 3.8) is 0 Å². The van der Waals surface area contributed by atoms with Gasteiger partial charge in [-0.3, -0.25) is 9.89 Å². The van der Waals surface area contributed by atoms with Crippen LogP contribution < -0.4 is 10.6 Å². The van der Waals surface area contributed by atoms with Crippen LogP contribution in [0.15, 0.2) is 4.99 Å². The highest BCUT2D eigenvalue weighted by Gasteiger charge is 2.34. The third kappa shape index (κ3) is 6.89. The highest BCUT2D eigenvalue weighted by atomic mass is 16.5. The Balaban J connectivity index is 1.57. The lowest BCUT2D eigenvalue weighted by Crippen LogP contribution is -2.47. The van der Waals surface area contributed by atoms with Gasteiger partial charge in [-0.1, -0.05) is 19.3 Å². The molecule has 1 aliphatic carbocycles. The molecule has 0 aromatic heterocycles. The van der Waals surface area contributed by atoms with E-state index < -0.39 is 0 Å². The lowest BCUT2D eigenvalue weighted by Gasteiger charge is -2.41. The van der Waals surface area contributed by atoms with Crippen molar-refractivity contribution >= 4 is 5.96 Å². The Morgan fingerprint density at radius 3 is 2.57 bits per heavy atom.